The van der Waals surface area contributed by atoms with Crippen LogP contribution in [0, 0.1) is 0 Å². The highest BCUT2D eigenvalue weighted by molar-refractivity contribution is 7.10. The number of hydrogen-bond donors (Lipinski definition) is 1. The van der Waals surface area contributed by atoms with Crippen molar-refractivity contribution in [3.8, 4) is 5.69 Å². The van der Waals surface area contributed by atoms with E-state index in [-0.39, 0.29) is 11.8 Å². The third-order valence-electron chi connectivity index (χ3n) is 5.03. The summed E-state index contributed by atoms with van der Waals surface area (Å²) in [5.41, 5.74) is 3.29. The Bertz CT molecular complexity index is 945. The molecule has 28 heavy (non-hydrogen) atoms. The van der Waals surface area contributed by atoms with E-state index in [1.54, 1.807) is 11.3 Å². The maximum atomic E-state index is 12.4. The van der Waals surface area contributed by atoms with E-state index < -0.39 is 0 Å². The van der Waals surface area contributed by atoms with Crippen LogP contribution in [-0.4, -0.2) is 34.4 Å². The Morgan fingerprint density at radius 2 is 1.86 bits per heavy atom. The van der Waals surface area contributed by atoms with Gasteiger partial charge >= 0.3 is 0 Å². The summed E-state index contributed by atoms with van der Waals surface area (Å²) in [6, 6.07) is 14.0. The Balaban J connectivity index is 1.21. The molecule has 3 heterocycles. The van der Waals surface area contributed by atoms with E-state index in [1.165, 1.54) is 10.4 Å². The van der Waals surface area contributed by atoms with Crippen molar-refractivity contribution in [3.63, 3.8) is 0 Å². The monoisotopic (exact) mass is 393 g/mol. The normalized spacial score (nSPS) is 13.2. The summed E-state index contributed by atoms with van der Waals surface area (Å²) >= 11 is 1.77. The second-order valence-corrected chi connectivity index (χ2v) is 7.97. The third kappa shape index (κ3) is 4.34. The number of benzene rings is 1. The molecule has 2 aromatic heterocycles. The van der Waals surface area contributed by atoms with E-state index in [9.17, 15) is 9.59 Å². The van der Waals surface area contributed by atoms with Gasteiger partial charge in [-0.05, 0) is 53.3 Å². The molecule has 0 saturated heterocycles. The second-order valence-electron chi connectivity index (χ2n) is 6.97. The first-order chi connectivity index (χ1) is 13.7. The Hall–Kier alpha value is -2.86. The van der Waals surface area contributed by atoms with Gasteiger partial charge in [-0.1, -0.05) is 12.1 Å². The highest BCUT2D eigenvalue weighted by Gasteiger charge is 2.21. The minimum absolute atomic E-state index is 0.0553. The van der Waals surface area contributed by atoms with E-state index in [0.29, 0.717) is 25.9 Å². The number of thiophene rings is 1. The topological polar surface area (TPSA) is 54.3 Å². The van der Waals surface area contributed by atoms with E-state index in [0.717, 1.165) is 24.2 Å². The van der Waals surface area contributed by atoms with Crippen molar-refractivity contribution in [1.82, 2.24) is 14.8 Å². The molecule has 1 aromatic carbocycles. The van der Waals surface area contributed by atoms with Crippen LogP contribution in [0.2, 0.25) is 0 Å². The lowest BCUT2D eigenvalue weighted by Gasteiger charge is -2.27. The van der Waals surface area contributed by atoms with Gasteiger partial charge in [-0.2, -0.15) is 0 Å². The van der Waals surface area contributed by atoms with Crippen molar-refractivity contribution in [2.75, 3.05) is 13.1 Å². The molecule has 0 aliphatic carbocycles. The van der Waals surface area contributed by atoms with E-state index in [4.69, 9.17) is 0 Å². The second kappa shape index (κ2) is 8.44. The van der Waals surface area contributed by atoms with Crippen LogP contribution < -0.4 is 5.32 Å². The van der Waals surface area contributed by atoms with Crippen LogP contribution in [0.1, 0.15) is 22.4 Å². The predicted octanol–water partition coefficient (Wildman–Crippen LogP) is 3.17. The molecule has 1 aliphatic heterocycles. The smallest absolute Gasteiger partial charge is 0.224 e. The van der Waals surface area contributed by atoms with Gasteiger partial charge in [-0.15, -0.1) is 11.3 Å². The Morgan fingerprint density at radius 3 is 2.64 bits per heavy atom. The van der Waals surface area contributed by atoms with E-state index in [2.05, 4.69) is 16.8 Å². The van der Waals surface area contributed by atoms with Crippen molar-refractivity contribution in [2.24, 2.45) is 0 Å². The minimum Gasteiger partial charge on any atom is -0.355 e. The maximum Gasteiger partial charge on any atom is 0.224 e. The van der Waals surface area contributed by atoms with Crippen LogP contribution >= 0.6 is 11.3 Å². The largest absolute Gasteiger partial charge is 0.355 e. The molecule has 1 aliphatic rings. The van der Waals surface area contributed by atoms with E-state index in [1.807, 2.05) is 58.3 Å². The van der Waals surface area contributed by atoms with Crippen LogP contribution in [0.25, 0.3) is 5.69 Å². The molecule has 0 spiro atoms. The van der Waals surface area contributed by atoms with Gasteiger partial charge in [0.1, 0.15) is 0 Å². The summed E-state index contributed by atoms with van der Waals surface area (Å²) in [4.78, 5) is 27.8. The molecular formula is C22H23N3O2S. The van der Waals surface area contributed by atoms with Gasteiger partial charge in [-0.3, -0.25) is 9.59 Å². The first-order valence-electron chi connectivity index (χ1n) is 9.51. The lowest BCUT2D eigenvalue weighted by Crippen LogP contribution is -2.37. The zero-order valence-corrected chi connectivity index (χ0v) is 16.5. The van der Waals surface area contributed by atoms with Gasteiger partial charge in [0, 0.05) is 49.0 Å². The van der Waals surface area contributed by atoms with Crippen molar-refractivity contribution < 1.29 is 9.59 Å². The molecule has 0 saturated carbocycles. The molecule has 5 nitrogen and oxygen atoms in total. The first kappa shape index (κ1) is 18.5. The molecular weight excluding hydrogens is 370 g/mol. The molecule has 1 N–H and O–H groups in total. The van der Waals surface area contributed by atoms with Crippen molar-refractivity contribution in [1.29, 1.82) is 0 Å². The molecule has 0 radical (unpaired) electrons. The number of nitrogens with one attached hydrogen (secondary N) is 1. The van der Waals surface area contributed by atoms with E-state index >= 15 is 0 Å². The summed E-state index contributed by atoms with van der Waals surface area (Å²) in [6.07, 6.45) is 5.57. The average Bonchev–Trinajstić information content (AvgIpc) is 3.40. The number of carbonyl (C=O) groups excluding carboxylic acids is 2. The fourth-order valence-electron chi connectivity index (χ4n) is 3.47. The van der Waals surface area contributed by atoms with Crippen LogP contribution in [0.15, 0.2) is 60.2 Å². The molecule has 3 aromatic rings. The van der Waals surface area contributed by atoms with Gasteiger partial charge in [-0.25, -0.2) is 0 Å². The van der Waals surface area contributed by atoms with Crippen LogP contribution in [0.5, 0.6) is 0 Å². The number of hydrogen-bond acceptors (Lipinski definition) is 3. The number of nitrogens with zero attached hydrogens (tertiary/aromatic N) is 2. The van der Waals surface area contributed by atoms with Crippen molar-refractivity contribution >= 4 is 23.2 Å². The molecule has 0 atom stereocenters. The van der Waals surface area contributed by atoms with Crippen molar-refractivity contribution in [2.45, 2.75) is 25.8 Å². The molecule has 2 amide bonds. The van der Waals surface area contributed by atoms with Gasteiger partial charge in [0.25, 0.3) is 0 Å². The molecule has 144 valence electrons. The fourth-order valence-corrected chi connectivity index (χ4v) is 4.36. The Morgan fingerprint density at radius 1 is 1.07 bits per heavy atom. The van der Waals surface area contributed by atoms with Crippen LogP contribution in [0.4, 0.5) is 0 Å². The predicted molar refractivity (Wildman–Crippen MR) is 111 cm³/mol. The summed E-state index contributed by atoms with van der Waals surface area (Å²) in [5, 5.41) is 4.96. The molecule has 6 heteroatoms. The summed E-state index contributed by atoms with van der Waals surface area (Å²) in [7, 11) is 0. The highest BCUT2D eigenvalue weighted by Crippen LogP contribution is 2.24. The lowest BCUT2D eigenvalue weighted by molar-refractivity contribution is -0.132. The standard InChI is InChI=1S/C22H23N3O2S/c26-21(15-17-3-5-19(6-4-17)24-11-1-2-12-24)23-10-7-22(27)25-13-8-20-18(16-25)9-14-28-20/h1-6,9,11-12,14H,7-8,10,13,15-16H2,(H,23,26). The molecule has 0 fully saturated rings. The van der Waals surface area contributed by atoms with Gasteiger partial charge in [0.2, 0.25) is 11.8 Å². The summed E-state index contributed by atoms with van der Waals surface area (Å²) < 4.78 is 2.02. The zero-order chi connectivity index (χ0) is 19.3. The van der Waals surface area contributed by atoms with Crippen LogP contribution in [0.3, 0.4) is 0 Å². The van der Waals surface area contributed by atoms with Crippen LogP contribution in [-0.2, 0) is 29.0 Å². The number of rotatable bonds is 6. The molecule has 0 unspecified atom stereocenters. The quantitative estimate of drug-likeness (QED) is 0.699. The van der Waals surface area contributed by atoms with Gasteiger partial charge in [0.15, 0.2) is 0 Å². The maximum absolute atomic E-state index is 12.4. The summed E-state index contributed by atoms with van der Waals surface area (Å²) in [6.45, 7) is 1.85. The Kier molecular flexibility index (Phi) is 5.58. The molecule has 0 bridgehead atoms. The number of carbonyl (C=O) groups is 2. The van der Waals surface area contributed by atoms with Gasteiger partial charge in [0.05, 0.1) is 6.42 Å². The highest BCUT2D eigenvalue weighted by atomic mass is 32.1. The SMILES string of the molecule is O=C(Cc1ccc(-n2cccc2)cc1)NCCC(=O)N1CCc2sccc2C1. The third-order valence-corrected chi connectivity index (χ3v) is 6.05. The average molecular weight is 394 g/mol. The fraction of sp³-hybridized carbons (Fsp3) is 0.273. The number of amides is 2. The zero-order valence-electron chi connectivity index (χ0n) is 15.6. The number of fused-ring (bicyclic) bond motifs is 1. The van der Waals surface area contributed by atoms with Gasteiger partial charge < -0.3 is 14.8 Å². The summed E-state index contributed by atoms with van der Waals surface area (Å²) in [5.74, 6) is 0.0495. The Labute approximate surface area is 168 Å². The first-order valence-corrected chi connectivity index (χ1v) is 10.4. The minimum atomic E-state index is -0.0553. The lowest BCUT2D eigenvalue weighted by atomic mass is 10.1. The molecule has 4 rings (SSSR count). The van der Waals surface area contributed by atoms with Crippen molar-refractivity contribution in [3.05, 3.63) is 76.2 Å². The number of aromatic nitrogens is 1.